The second-order valence-electron chi connectivity index (χ2n) is 6.09. The van der Waals surface area contributed by atoms with Crippen LogP contribution < -0.4 is 0 Å². The first-order chi connectivity index (χ1) is 8.22. The summed E-state index contributed by atoms with van der Waals surface area (Å²) in [5.74, 6) is 0.445. The third kappa shape index (κ3) is 2.20. The molecule has 0 fully saturated rings. The summed E-state index contributed by atoms with van der Waals surface area (Å²) in [6.45, 7) is 10.0. The van der Waals surface area contributed by atoms with Crippen molar-refractivity contribution in [1.82, 2.24) is 5.06 Å². The molecule has 0 radical (unpaired) electrons. The van der Waals surface area contributed by atoms with Crippen LogP contribution in [0.15, 0.2) is 29.4 Å². The number of nitrogens with zero attached hydrogens (tertiary/aromatic N) is 2. The Bertz CT molecular complexity index is 470. The van der Waals surface area contributed by atoms with E-state index in [1.807, 2.05) is 12.1 Å². The van der Waals surface area contributed by atoms with Crippen molar-refractivity contribution in [3.05, 3.63) is 35.4 Å². The molecule has 1 aromatic carbocycles. The topological polar surface area (TPSA) is 45.1 Å². The molecule has 98 valence electrons. The van der Waals surface area contributed by atoms with Crippen LogP contribution in [0.25, 0.3) is 0 Å². The number of hydroxylamine groups is 2. The molecule has 1 aliphatic rings. The van der Waals surface area contributed by atoms with E-state index in [0.29, 0.717) is 5.84 Å². The van der Waals surface area contributed by atoms with E-state index in [-0.39, 0.29) is 5.41 Å². The van der Waals surface area contributed by atoms with Crippen molar-refractivity contribution in [3.63, 3.8) is 0 Å². The Balaban J connectivity index is 2.27. The molecule has 4 heteroatoms. The van der Waals surface area contributed by atoms with E-state index in [1.54, 1.807) is 13.8 Å². The molecule has 0 unspecified atom stereocenters. The van der Waals surface area contributed by atoms with E-state index >= 15 is 0 Å². The monoisotopic (exact) mass is 248 g/mol. The van der Waals surface area contributed by atoms with Gasteiger partial charge in [0.25, 0.3) is 0 Å². The lowest BCUT2D eigenvalue weighted by atomic mass is 9.86. The molecular weight excluding hydrogens is 228 g/mol. The molecule has 1 heterocycles. The first-order valence-corrected chi connectivity index (χ1v) is 6.08. The molecule has 0 bridgehead atoms. The third-order valence-electron chi connectivity index (χ3n) is 3.08. The van der Waals surface area contributed by atoms with Gasteiger partial charge in [0.05, 0.1) is 0 Å². The predicted octanol–water partition coefficient (Wildman–Crippen LogP) is 3.10. The van der Waals surface area contributed by atoms with Crippen molar-refractivity contribution in [1.29, 1.82) is 0 Å². The zero-order valence-electron chi connectivity index (χ0n) is 11.6. The molecule has 4 nitrogen and oxygen atoms in total. The molecule has 1 N–H and O–H groups in total. The van der Waals surface area contributed by atoms with E-state index in [0.717, 1.165) is 10.6 Å². The summed E-state index contributed by atoms with van der Waals surface area (Å²) in [6.07, 6.45) is 0. The van der Waals surface area contributed by atoms with E-state index in [9.17, 15) is 5.21 Å². The first kappa shape index (κ1) is 12.9. The van der Waals surface area contributed by atoms with E-state index in [2.05, 4.69) is 38.1 Å². The fourth-order valence-corrected chi connectivity index (χ4v) is 1.78. The van der Waals surface area contributed by atoms with Gasteiger partial charge in [-0.25, -0.2) is 0 Å². The van der Waals surface area contributed by atoms with Crippen LogP contribution in [0.3, 0.4) is 0 Å². The van der Waals surface area contributed by atoms with Crippen molar-refractivity contribution < 1.29 is 10.0 Å². The largest absolute Gasteiger partial charge is 0.363 e. The summed E-state index contributed by atoms with van der Waals surface area (Å²) in [6, 6.07) is 8.01. The number of hydrogen-bond donors (Lipinski definition) is 1. The summed E-state index contributed by atoms with van der Waals surface area (Å²) in [5.41, 5.74) is 1.40. The van der Waals surface area contributed by atoms with Crippen LogP contribution in [0.2, 0.25) is 0 Å². The van der Waals surface area contributed by atoms with Crippen LogP contribution in [0.1, 0.15) is 45.7 Å². The normalized spacial score (nSPS) is 18.6. The highest BCUT2D eigenvalue weighted by molar-refractivity contribution is 5.98. The Hall–Kier alpha value is -1.55. The molecule has 0 aliphatic carbocycles. The number of hydrogen-bond acceptors (Lipinski definition) is 4. The number of rotatable bonds is 1. The molecule has 1 aromatic rings. The molecule has 0 saturated heterocycles. The summed E-state index contributed by atoms with van der Waals surface area (Å²) < 4.78 is 0. The highest BCUT2D eigenvalue weighted by Gasteiger charge is 2.37. The van der Waals surface area contributed by atoms with Crippen LogP contribution in [0, 0.1) is 0 Å². The Labute approximate surface area is 108 Å². The SMILES string of the molecule is CC(C)(C)c1ccc(C2=NOC(C)(C)N2O)cc1. The average Bonchev–Trinajstić information content (AvgIpc) is 2.53. The lowest BCUT2D eigenvalue weighted by Crippen LogP contribution is -2.41. The minimum absolute atomic E-state index is 0.116. The second-order valence-corrected chi connectivity index (χ2v) is 6.09. The molecule has 0 saturated carbocycles. The van der Waals surface area contributed by atoms with Gasteiger partial charge in [-0.2, -0.15) is 5.06 Å². The average molecular weight is 248 g/mol. The van der Waals surface area contributed by atoms with Gasteiger partial charge in [0.2, 0.25) is 11.6 Å². The highest BCUT2D eigenvalue weighted by Crippen LogP contribution is 2.26. The molecule has 18 heavy (non-hydrogen) atoms. The van der Waals surface area contributed by atoms with Gasteiger partial charge in [-0.05, 0) is 24.8 Å². The van der Waals surface area contributed by atoms with Gasteiger partial charge in [0, 0.05) is 5.56 Å². The van der Waals surface area contributed by atoms with Crippen LogP contribution in [-0.4, -0.2) is 21.8 Å². The van der Waals surface area contributed by atoms with Crippen molar-refractivity contribution in [3.8, 4) is 0 Å². The van der Waals surface area contributed by atoms with Crippen molar-refractivity contribution >= 4 is 5.84 Å². The molecule has 0 amide bonds. The number of benzene rings is 1. The summed E-state index contributed by atoms with van der Waals surface area (Å²) in [4.78, 5) is 5.18. The minimum Gasteiger partial charge on any atom is -0.363 e. The van der Waals surface area contributed by atoms with Gasteiger partial charge in [-0.3, -0.25) is 5.21 Å². The Morgan fingerprint density at radius 3 is 2.11 bits per heavy atom. The number of amidine groups is 1. The van der Waals surface area contributed by atoms with Crippen LogP contribution in [0.5, 0.6) is 0 Å². The first-order valence-electron chi connectivity index (χ1n) is 6.08. The maximum absolute atomic E-state index is 9.98. The van der Waals surface area contributed by atoms with Gasteiger partial charge in [-0.15, -0.1) is 0 Å². The van der Waals surface area contributed by atoms with Crippen molar-refractivity contribution in [2.75, 3.05) is 0 Å². The fourth-order valence-electron chi connectivity index (χ4n) is 1.78. The second kappa shape index (κ2) is 3.99. The van der Waals surface area contributed by atoms with E-state index < -0.39 is 5.72 Å². The van der Waals surface area contributed by atoms with Crippen molar-refractivity contribution in [2.45, 2.75) is 45.8 Å². The predicted molar refractivity (Wildman–Crippen MR) is 70.5 cm³/mol. The summed E-state index contributed by atoms with van der Waals surface area (Å²) in [7, 11) is 0. The molecule has 2 rings (SSSR count). The molecular formula is C14H20N2O2. The Morgan fingerprint density at radius 1 is 1.17 bits per heavy atom. The zero-order valence-corrected chi connectivity index (χ0v) is 11.6. The van der Waals surface area contributed by atoms with Gasteiger partial charge < -0.3 is 4.84 Å². The zero-order chi connectivity index (χ0) is 13.6. The Kier molecular flexibility index (Phi) is 2.86. The molecule has 0 spiro atoms. The lowest BCUT2D eigenvalue weighted by molar-refractivity contribution is -0.193. The fraction of sp³-hybridized carbons (Fsp3) is 0.500. The van der Waals surface area contributed by atoms with E-state index in [4.69, 9.17) is 4.84 Å². The quantitative estimate of drug-likeness (QED) is 0.830. The summed E-state index contributed by atoms with van der Waals surface area (Å²) in [5, 5.41) is 15.0. The highest BCUT2D eigenvalue weighted by atomic mass is 16.7. The van der Waals surface area contributed by atoms with Gasteiger partial charge >= 0.3 is 0 Å². The minimum atomic E-state index is -0.808. The van der Waals surface area contributed by atoms with Gasteiger partial charge in [0.1, 0.15) is 0 Å². The molecule has 0 aromatic heterocycles. The van der Waals surface area contributed by atoms with Gasteiger partial charge in [-0.1, -0.05) is 50.2 Å². The van der Waals surface area contributed by atoms with Crippen LogP contribution in [-0.2, 0) is 10.3 Å². The molecule has 0 atom stereocenters. The smallest absolute Gasteiger partial charge is 0.228 e. The third-order valence-corrected chi connectivity index (χ3v) is 3.08. The Morgan fingerprint density at radius 2 is 1.72 bits per heavy atom. The number of oxime groups is 1. The van der Waals surface area contributed by atoms with Gasteiger partial charge in [0.15, 0.2) is 0 Å². The maximum atomic E-state index is 9.98. The standard InChI is InChI=1S/C14H20N2O2/c1-13(2,3)11-8-6-10(7-9-11)12-15-18-14(4,5)16(12)17/h6-9,17H,1-5H3. The lowest BCUT2D eigenvalue weighted by Gasteiger charge is -2.24. The maximum Gasteiger partial charge on any atom is 0.228 e. The summed E-state index contributed by atoms with van der Waals surface area (Å²) >= 11 is 0. The van der Waals surface area contributed by atoms with Crippen LogP contribution >= 0.6 is 0 Å². The van der Waals surface area contributed by atoms with E-state index in [1.165, 1.54) is 5.56 Å². The molecule has 1 aliphatic heterocycles. The van der Waals surface area contributed by atoms with Crippen LogP contribution in [0.4, 0.5) is 0 Å². The van der Waals surface area contributed by atoms with Crippen molar-refractivity contribution in [2.24, 2.45) is 5.16 Å².